The van der Waals surface area contributed by atoms with E-state index in [0.717, 1.165) is 28.8 Å². The van der Waals surface area contributed by atoms with Crippen molar-refractivity contribution in [1.29, 1.82) is 0 Å². The number of aryl methyl sites for hydroxylation is 1. The van der Waals surface area contributed by atoms with Gasteiger partial charge in [0.15, 0.2) is 0 Å². The Morgan fingerprint density at radius 3 is 2.33 bits per heavy atom. The summed E-state index contributed by atoms with van der Waals surface area (Å²) in [5.41, 5.74) is 1.44. The van der Waals surface area contributed by atoms with Crippen LogP contribution in [0.3, 0.4) is 0 Å². The number of para-hydroxylation sites is 1. The first-order valence-corrected chi connectivity index (χ1v) is 9.07. The van der Waals surface area contributed by atoms with Crippen LogP contribution in [0.5, 0.6) is 0 Å². The fourth-order valence-electron chi connectivity index (χ4n) is 2.85. The van der Waals surface area contributed by atoms with E-state index in [4.69, 9.17) is 0 Å². The highest BCUT2D eigenvalue weighted by Crippen LogP contribution is 2.34. The minimum Gasteiger partial charge on any atom is -0.347 e. The van der Waals surface area contributed by atoms with E-state index in [-0.39, 0.29) is 6.54 Å². The second-order valence-corrected chi connectivity index (χ2v) is 6.60. The lowest BCUT2D eigenvalue weighted by atomic mass is 10.1. The van der Waals surface area contributed by atoms with Crippen LogP contribution in [0.4, 0.5) is 18.9 Å². The Hall–Kier alpha value is -3.62. The summed E-state index contributed by atoms with van der Waals surface area (Å²) in [6.07, 6.45) is -0.524. The Morgan fingerprint density at radius 1 is 1.00 bits per heavy atom. The van der Waals surface area contributed by atoms with Crippen LogP contribution < -0.4 is 10.6 Å². The number of nitrogens with one attached hydrogen (secondary N) is 2. The Labute approximate surface area is 170 Å². The molecule has 0 saturated heterocycles. The molecule has 2 aromatic carbocycles. The Bertz CT molecular complexity index is 1040. The van der Waals surface area contributed by atoms with E-state index in [9.17, 15) is 22.8 Å². The smallest absolute Gasteiger partial charge is 0.347 e. The topological polar surface area (TPSA) is 76.0 Å². The summed E-state index contributed by atoms with van der Waals surface area (Å²) in [6, 6.07) is 12.1. The van der Waals surface area contributed by atoms with Gasteiger partial charge in [-0.05, 0) is 29.7 Å². The molecule has 0 aliphatic carbocycles. The van der Waals surface area contributed by atoms with Crippen molar-refractivity contribution in [2.24, 2.45) is 7.05 Å². The fourth-order valence-corrected chi connectivity index (χ4v) is 2.85. The van der Waals surface area contributed by atoms with Gasteiger partial charge in [0.05, 0.1) is 17.4 Å². The van der Waals surface area contributed by atoms with Crippen LogP contribution in [-0.4, -0.2) is 28.1 Å². The maximum absolute atomic E-state index is 13.0. The van der Waals surface area contributed by atoms with Crippen LogP contribution >= 0.6 is 0 Å². The van der Waals surface area contributed by atoms with Crippen molar-refractivity contribution in [2.45, 2.75) is 12.6 Å². The van der Waals surface area contributed by atoms with Crippen LogP contribution in [0.1, 0.15) is 11.1 Å². The molecular weight excluding hydrogens is 397 g/mol. The first-order valence-electron chi connectivity index (χ1n) is 9.07. The first kappa shape index (κ1) is 21.1. The lowest BCUT2D eigenvalue weighted by Gasteiger charge is -2.13. The quantitative estimate of drug-likeness (QED) is 0.626. The van der Waals surface area contributed by atoms with Gasteiger partial charge in [-0.2, -0.15) is 18.3 Å². The van der Waals surface area contributed by atoms with Gasteiger partial charge in [-0.3, -0.25) is 14.3 Å². The largest absolute Gasteiger partial charge is 0.418 e. The fraction of sp³-hybridized carbons (Fsp3) is 0.190. The average Bonchev–Trinajstić information content (AvgIpc) is 3.14. The number of amides is 2. The van der Waals surface area contributed by atoms with Gasteiger partial charge >= 0.3 is 18.0 Å². The molecule has 3 rings (SSSR count). The van der Waals surface area contributed by atoms with Crippen molar-refractivity contribution < 1.29 is 22.8 Å². The zero-order chi connectivity index (χ0) is 21.7. The maximum Gasteiger partial charge on any atom is 0.418 e. The van der Waals surface area contributed by atoms with Crippen LogP contribution in [0.15, 0.2) is 60.9 Å². The third-order valence-electron chi connectivity index (χ3n) is 4.38. The molecule has 0 spiro atoms. The summed E-state index contributed by atoms with van der Waals surface area (Å²) in [6.45, 7) is 0.166. The van der Waals surface area contributed by atoms with Crippen molar-refractivity contribution in [3.63, 3.8) is 0 Å². The highest BCUT2D eigenvalue weighted by atomic mass is 19.4. The van der Waals surface area contributed by atoms with E-state index in [1.165, 1.54) is 12.1 Å². The average molecular weight is 416 g/mol. The van der Waals surface area contributed by atoms with Crippen molar-refractivity contribution in [2.75, 3.05) is 11.9 Å². The number of anilines is 1. The number of benzene rings is 2. The van der Waals surface area contributed by atoms with E-state index in [1.54, 1.807) is 10.9 Å². The predicted octanol–water partition coefficient (Wildman–Crippen LogP) is 3.40. The van der Waals surface area contributed by atoms with Crippen molar-refractivity contribution in [1.82, 2.24) is 15.1 Å². The van der Waals surface area contributed by atoms with Gasteiger partial charge < -0.3 is 10.6 Å². The summed E-state index contributed by atoms with van der Waals surface area (Å²) in [5, 5.41) is 8.55. The molecule has 0 atom stereocenters. The zero-order valence-corrected chi connectivity index (χ0v) is 16.0. The molecule has 6 nitrogen and oxygen atoms in total. The highest BCUT2D eigenvalue weighted by molar-refractivity contribution is 6.39. The summed E-state index contributed by atoms with van der Waals surface area (Å²) in [5.74, 6) is -2.16. The van der Waals surface area contributed by atoms with Gasteiger partial charge in [0.25, 0.3) is 0 Å². The number of alkyl halides is 3. The molecule has 1 aromatic heterocycles. The van der Waals surface area contributed by atoms with E-state index in [2.05, 4.69) is 10.4 Å². The number of hydrogen-bond acceptors (Lipinski definition) is 3. The number of rotatable bonds is 5. The highest BCUT2D eigenvalue weighted by Gasteiger charge is 2.34. The van der Waals surface area contributed by atoms with E-state index in [1.807, 2.05) is 42.8 Å². The van der Waals surface area contributed by atoms with E-state index in [0.29, 0.717) is 6.42 Å². The van der Waals surface area contributed by atoms with Gasteiger partial charge in [0.1, 0.15) is 0 Å². The minimum absolute atomic E-state index is 0.166. The first-order chi connectivity index (χ1) is 14.2. The second kappa shape index (κ2) is 8.81. The van der Waals surface area contributed by atoms with E-state index < -0.39 is 29.2 Å². The monoisotopic (exact) mass is 416 g/mol. The maximum atomic E-state index is 13.0. The zero-order valence-electron chi connectivity index (χ0n) is 16.0. The molecule has 0 fully saturated rings. The Kier molecular flexibility index (Phi) is 6.20. The van der Waals surface area contributed by atoms with Crippen LogP contribution in [-0.2, 0) is 29.2 Å². The van der Waals surface area contributed by atoms with Crippen LogP contribution in [0.2, 0.25) is 0 Å². The van der Waals surface area contributed by atoms with Crippen molar-refractivity contribution in [3.8, 4) is 11.1 Å². The number of carbonyl (C=O) groups excluding carboxylic acids is 2. The van der Waals surface area contributed by atoms with Crippen LogP contribution in [0, 0.1) is 0 Å². The summed E-state index contributed by atoms with van der Waals surface area (Å²) < 4.78 is 40.6. The van der Waals surface area contributed by atoms with E-state index >= 15 is 0 Å². The van der Waals surface area contributed by atoms with Crippen molar-refractivity contribution >= 4 is 17.5 Å². The van der Waals surface area contributed by atoms with Gasteiger partial charge in [-0.15, -0.1) is 0 Å². The molecular formula is C21H19F3N4O2. The lowest BCUT2D eigenvalue weighted by Crippen LogP contribution is -2.36. The molecule has 0 aliphatic rings. The number of carbonyl (C=O) groups is 2. The molecule has 0 bridgehead atoms. The Balaban J connectivity index is 1.52. The molecule has 0 unspecified atom stereocenters. The van der Waals surface area contributed by atoms with Crippen molar-refractivity contribution in [3.05, 3.63) is 72.1 Å². The number of nitrogens with zero attached hydrogens (tertiary/aromatic N) is 2. The third kappa shape index (κ3) is 5.25. The third-order valence-corrected chi connectivity index (χ3v) is 4.38. The number of hydrogen-bond donors (Lipinski definition) is 2. The van der Waals surface area contributed by atoms with Gasteiger partial charge in [-0.1, -0.05) is 36.4 Å². The summed E-state index contributed by atoms with van der Waals surface area (Å²) in [4.78, 5) is 23.9. The predicted molar refractivity (Wildman–Crippen MR) is 105 cm³/mol. The molecule has 156 valence electrons. The normalized spacial score (nSPS) is 11.2. The molecule has 2 N–H and O–H groups in total. The van der Waals surface area contributed by atoms with Gasteiger partial charge in [0, 0.05) is 25.4 Å². The van der Waals surface area contributed by atoms with Crippen LogP contribution in [0.25, 0.3) is 11.1 Å². The molecule has 3 aromatic rings. The molecule has 0 aliphatic heterocycles. The van der Waals surface area contributed by atoms with Gasteiger partial charge in [0.2, 0.25) is 0 Å². The SMILES string of the molecule is Cn1cc(-c2ccc(CCNC(=O)C(=O)Nc3ccccc3C(F)(F)F)cc2)cn1. The second-order valence-electron chi connectivity index (χ2n) is 6.60. The minimum atomic E-state index is -4.64. The molecule has 30 heavy (non-hydrogen) atoms. The molecule has 0 radical (unpaired) electrons. The summed E-state index contributed by atoms with van der Waals surface area (Å²) >= 11 is 0. The number of halogens is 3. The molecule has 1 heterocycles. The Morgan fingerprint density at radius 2 is 1.70 bits per heavy atom. The summed E-state index contributed by atoms with van der Waals surface area (Å²) in [7, 11) is 1.83. The number of aromatic nitrogens is 2. The molecule has 0 saturated carbocycles. The van der Waals surface area contributed by atoms with Gasteiger partial charge in [-0.25, -0.2) is 0 Å². The molecule has 9 heteroatoms. The molecule has 2 amide bonds. The standard InChI is InChI=1S/C21H19F3N4O2/c1-28-13-16(12-26-28)15-8-6-14(7-9-15)10-11-25-19(29)20(30)27-18-5-3-2-4-17(18)21(22,23)24/h2-9,12-13H,10-11H2,1H3,(H,25,29)(H,27,30). The lowest BCUT2D eigenvalue weighted by molar-refractivity contribution is -0.138.